The van der Waals surface area contributed by atoms with Gasteiger partial charge < -0.3 is 5.11 Å². The second-order valence-electron chi connectivity index (χ2n) is 2.29. The average molecular weight is 155 g/mol. The third kappa shape index (κ3) is 2.71. The second kappa shape index (κ2) is 4.37. The van der Waals surface area contributed by atoms with E-state index in [1.165, 1.54) is 19.3 Å². The summed E-state index contributed by atoms with van der Waals surface area (Å²) in [6.07, 6.45) is 5.92. The first-order valence-corrected chi connectivity index (χ1v) is 3.07. The smallest absolute Gasteiger partial charge is 0.393 e. The molecule has 0 atom stereocenters. The number of rotatable bonds is 0. The maximum atomic E-state index is 8.91. The Hall–Kier alpha value is 0.479. The Bertz CT molecular complexity index is 50.5. The molecule has 0 heterocycles. The Kier molecular flexibility index (Phi) is 4.63. The monoisotopic (exact) mass is 155 g/mol. The van der Waals surface area contributed by atoms with Crippen LogP contribution in [0.3, 0.4) is 0 Å². The zero-order valence-electron chi connectivity index (χ0n) is 4.94. The van der Waals surface area contributed by atoms with E-state index in [1.807, 2.05) is 0 Å². The van der Waals surface area contributed by atoms with Crippen LogP contribution in [-0.4, -0.2) is 11.2 Å². The standard InChI is InChI=1S/C6H12O.Mn/c7-6-4-2-1-3-5-6;/h6-7H,1-5H2;/q;+2. The number of hydrogen-bond donors (Lipinski definition) is 1. The number of aliphatic hydroxyl groups excluding tert-OH is 1. The molecule has 1 nitrogen and oxygen atoms in total. The van der Waals surface area contributed by atoms with Crippen molar-refractivity contribution < 1.29 is 22.2 Å². The van der Waals surface area contributed by atoms with Crippen LogP contribution in [0.5, 0.6) is 0 Å². The van der Waals surface area contributed by atoms with Gasteiger partial charge >= 0.3 is 17.1 Å². The SMILES string of the molecule is OC1CCCCC1.[Mn+2]. The maximum absolute atomic E-state index is 8.91. The minimum Gasteiger partial charge on any atom is -0.393 e. The summed E-state index contributed by atoms with van der Waals surface area (Å²) in [4.78, 5) is 0. The van der Waals surface area contributed by atoms with E-state index in [-0.39, 0.29) is 23.2 Å². The molecule has 1 aliphatic rings. The van der Waals surface area contributed by atoms with Gasteiger partial charge in [0.15, 0.2) is 0 Å². The largest absolute Gasteiger partial charge is 2.00 e. The first-order valence-electron chi connectivity index (χ1n) is 3.07. The Morgan fingerprint density at radius 1 is 1.00 bits per heavy atom. The van der Waals surface area contributed by atoms with Crippen LogP contribution in [0.25, 0.3) is 0 Å². The van der Waals surface area contributed by atoms with Crippen molar-refractivity contribution in [2.75, 3.05) is 0 Å². The molecule has 1 rings (SSSR count). The Morgan fingerprint density at radius 3 is 1.75 bits per heavy atom. The van der Waals surface area contributed by atoms with Crippen LogP contribution in [0.2, 0.25) is 0 Å². The average Bonchev–Trinajstić information content (AvgIpc) is 1.69. The molecule has 1 N–H and O–H groups in total. The van der Waals surface area contributed by atoms with Crippen molar-refractivity contribution in [1.82, 2.24) is 0 Å². The molecule has 0 bridgehead atoms. The molecule has 47 valence electrons. The molecule has 0 aromatic heterocycles. The molecular formula is C6H12MnO+2. The Labute approximate surface area is 60.9 Å². The van der Waals surface area contributed by atoms with E-state index < -0.39 is 0 Å². The van der Waals surface area contributed by atoms with Crippen LogP contribution >= 0.6 is 0 Å². The summed E-state index contributed by atoms with van der Waals surface area (Å²) in [6.45, 7) is 0. The molecule has 1 aliphatic carbocycles. The van der Waals surface area contributed by atoms with Crippen LogP contribution in [0, 0.1) is 0 Å². The zero-order chi connectivity index (χ0) is 5.11. The van der Waals surface area contributed by atoms with E-state index in [2.05, 4.69) is 0 Å². The summed E-state index contributed by atoms with van der Waals surface area (Å²) in [7, 11) is 0. The Balaban J connectivity index is 0.000000490. The molecule has 0 aromatic carbocycles. The van der Waals surface area contributed by atoms with Gasteiger partial charge in [0.2, 0.25) is 0 Å². The van der Waals surface area contributed by atoms with E-state index in [0.29, 0.717) is 0 Å². The summed E-state index contributed by atoms with van der Waals surface area (Å²) < 4.78 is 0. The number of aliphatic hydroxyl groups is 1. The minimum atomic E-state index is 0. The molecule has 1 radical (unpaired) electrons. The minimum absolute atomic E-state index is 0. The van der Waals surface area contributed by atoms with Gasteiger partial charge in [-0.15, -0.1) is 0 Å². The van der Waals surface area contributed by atoms with Gasteiger partial charge in [0.05, 0.1) is 6.10 Å². The maximum Gasteiger partial charge on any atom is 2.00 e. The molecule has 0 unspecified atom stereocenters. The van der Waals surface area contributed by atoms with E-state index in [0.717, 1.165) is 12.8 Å². The fourth-order valence-corrected chi connectivity index (χ4v) is 1.08. The van der Waals surface area contributed by atoms with Gasteiger partial charge in [-0.1, -0.05) is 19.3 Å². The summed E-state index contributed by atoms with van der Waals surface area (Å²) in [5.74, 6) is 0. The summed E-state index contributed by atoms with van der Waals surface area (Å²) >= 11 is 0. The summed E-state index contributed by atoms with van der Waals surface area (Å²) in [6, 6.07) is 0. The molecule has 0 spiro atoms. The van der Waals surface area contributed by atoms with Crippen LogP contribution in [0.1, 0.15) is 32.1 Å². The molecule has 0 aliphatic heterocycles. The van der Waals surface area contributed by atoms with Gasteiger partial charge in [0.1, 0.15) is 0 Å². The van der Waals surface area contributed by atoms with E-state index in [4.69, 9.17) is 5.11 Å². The van der Waals surface area contributed by atoms with Crippen molar-refractivity contribution in [3.05, 3.63) is 0 Å². The predicted molar refractivity (Wildman–Crippen MR) is 29.1 cm³/mol. The molecule has 0 saturated heterocycles. The van der Waals surface area contributed by atoms with Gasteiger partial charge in [-0.05, 0) is 12.8 Å². The van der Waals surface area contributed by atoms with Crippen molar-refractivity contribution in [2.45, 2.75) is 38.2 Å². The fourth-order valence-electron chi connectivity index (χ4n) is 1.08. The molecule has 0 aromatic rings. The van der Waals surface area contributed by atoms with Crippen LogP contribution < -0.4 is 0 Å². The number of hydrogen-bond acceptors (Lipinski definition) is 1. The summed E-state index contributed by atoms with van der Waals surface area (Å²) in [5, 5.41) is 8.91. The zero-order valence-corrected chi connectivity index (χ0v) is 6.12. The topological polar surface area (TPSA) is 20.2 Å². The van der Waals surface area contributed by atoms with Crippen molar-refractivity contribution in [3.63, 3.8) is 0 Å². The first kappa shape index (κ1) is 8.48. The van der Waals surface area contributed by atoms with Crippen LogP contribution in [0.4, 0.5) is 0 Å². The normalized spacial score (nSPS) is 22.1. The third-order valence-corrected chi connectivity index (χ3v) is 1.57. The van der Waals surface area contributed by atoms with Crippen molar-refractivity contribution in [2.24, 2.45) is 0 Å². The second-order valence-corrected chi connectivity index (χ2v) is 2.29. The predicted octanol–water partition coefficient (Wildman–Crippen LogP) is 1.31. The van der Waals surface area contributed by atoms with Gasteiger partial charge in [-0.3, -0.25) is 0 Å². The molecule has 8 heavy (non-hydrogen) atoms. The third-order valence-electron chi connectivity index (χ3n) is 1.57. The van der Waals surface area contributed by atoms with Crippen molar-refractivity contribution >= 4 is 0 Å². The fraction of sp³-hybridized carbons (Fsp3) is 1.00. The first-order chi connectivity index (χ1) is 3.39. The van der Waals surface area contributed by atoms with E-state index in [9.17, 15) is 0 Å². The van der Waals surface area contributed by atoms with E-state index in [1.54, 1.807) is 0 Å². The molecular weight excluding hydrogens is 143 g/mol. The Morgan fingerprint density at radius 2 is 1.50 bits per heavy atom. The molecule has 1 saturated carbocycles. The molecule has 1 fully saturated rings. The van der Waals surface area contributed by atoms with Crippen molar-refractivity contribution in [3.8, 4) is 0 Å². The van der Waals surface area contributed by atoms with Gasteiger partial charge in [0.25, 0.3) is 0 Å². The van der Waals surface area contributed by atoms with Crippen LogP contribution in [0.15, 0.2) is 0 Å². The van der Waals surface area contributed by atoms with Crippen LogP contribution in [-0.2, 0) is 17.1 Å². The van der Waals surface area contributed by atoms with Gasteiger partial charge in [-0.2, -0.15) is 0 Å². The molecule has 0 amide bonds. The van der Waals surface area contributed by atoms with Gasteiger partial charge in [0, 0.05) is 0 Å². The summed E-state index contributed by atoms with van der Waals surface area (Å²) in [5.41, 5.74) is 0. The molecule has 2 heteroatoms. The quantitative estimate of drug-likeness (QED) is 0.523. The van der Waals surface area contributed by atoms with E-state index >= 15 is 0 Å². The van der Waals surface area contributed by atoms with Crippen molar-refractivity contribution in [1.29, 1.82) is 0 Å². The van der Waals surface area contributed by atoms with Gasteiger partial charge in [-0.25, -0.2) is 0 Å².